The van der Waals surface area contributed by atoms with Crippen LogP contribution in [0.25, 0.3) is 71.8 Å². The third-order valence-electron chi connectivity index (χ3n) is 7.15. The summed E-state index contributed by atoms with van der Waals surface area (Å²) in [4.78, 5) is 13.9. The average molecular weight is 503 g/mol. The Morgan fingerprint density at radius 1 is 0.538 bits per heavy atom. The molecule has 0 bridgehead atoms. The van der Waals surface area contributed by atoms with E-state index >= 15 is 0 Å². The van der Waals surface area contributed by atoms with Crippen LogP contribution < -0.4 is 0 Å². The zero-order valence-corrected chi connectivity index (χ0v) is 20.7. The lowest BCUT2D eigenvalue weighted by Crippen LogP contribution is -2.02. The fraction of sp³-hybridized carbons (Fsp3) is 0. The summed E-state index contributed by atoms with van der Waals surface area (Å²) in [7, 11) is 0. The number of hydrogen-bond acceptors (Lipinski definition) is 3. The lowest BCUT2D eigenvalue weighted by molar-refractivity contribution is 1.08. The number of rotatable bonds is 3. The second kappa shape index (κ2) is 8.61. The monoisotopic (exact) mass is 502 g/mol. The third-order valence-corrected chi connectivity index (χ3v) is 7.15. The van der Waals surface area contributed by atoms with Gasteiger partial charge in [0.1, 0.15) is 5.82 Å². The fourth-order valence-corrected chi connectivity index (χ4v) is 5.31. The molecule has 4 nitrogen and oxygen atoms in total. The summed E-state index contributed by atoms with van der Waals surface area (Å²) >= 11 is 0. The Hall–Kier alpha value is -5.35. The summed E-state index contributed by atoms with van der Waals surface area (Å²) in [5.41, 5.74) is 3.43. The second-order valence-corrected chi connectivity index (χ2v) is 9.44. The van der Waals surface area contributed by atoms with Crippen LogP contribution in [0.1, 0.15) is 5.48 Å². The van der Waals surface area contributed by atoms with Crippen molar-refractivity contribution in [3.05, 3.63) is 134 Å². The second-order valence-electron chi connectivity index (χ2n) is 9.44. The van der Waals surface area contributed by atoms with Gasteiger partial charge < -0.3 is 0 Å². The quantitative estimate of drug-likeness (QED) is 0.243. The van der Waals surface area contributed by atoms with E-state index in [9.17, 15) is 0 Å². The van der Waals surface area contributed by atoms with Crippen LogP contribution in [0, 0.1) is 0 Å². The number of hydrogen-bond donors (Lipinski definition) is 0. The van der Waals surface area contributed by atoms with Gasteiger partial charge in [0.25, 0.3) is 0 Å². The number of pyridine rings is 1. The van der Waals surface area contributed by atoms with Crippen molar-refractivity contribution in [2.75, 3.05) is 0 Å². The van der Waals surface area contributed by atoms with E-state index in [4.69, 9.17) is 15.5 Å². The summed E-state index contributed by atoms with van der Waals surface area (Å²) in [6, 6.07) is 31.2. The van der Waals surface area contributed by atoms with Crippen molar-refractivity contribution in [1.82, 2.24) is 19.5 Å². The molecule has 3 heterocycles. The molecule has 4 heteroatoms. The van der Waals surface area contributed by atoms with E-state index in [1.807, 2.05) is 48.5 Å². The highest BCUT2D eigenvalue weighted by atomic mass is 15.1. The Kier molecular flexibility index (Phi) is 3.97. The third kappa shape index (κ3) is 3.50. The molecule has 0 saturated heterocycles. The summed E-state index contributed by atoms with van der Waals surface area (Å²) in [5, 5.41) is 5.22. The predicted octanol–water partition coefficient (Wildman–Crippen LogP) is 8.61. The van der Waals surface area contributed by atoms with Crippen LogP contribution in [-0.2, 0) is 0 Å². The average Bonchev–Trinajstić information content (AvgIpc) is 3.36. The summed E-state index contributed by atoms with van der Waals surface area (Å²) in [6.07, 6.45) is 3.14. The van der Waals surface area contributed by atoms with Crippen molar-refractivity contribution in [2.45, 2.75) is 0 Å². The van der Waals surface area contributed by atoms with Gasteiger partial charge in [-0.1, -0.05) is 78.8 Å². The maximum absolute atomic E-state index is 8.97. The molecule has 39 heavy (non-hydrogen) atoms. The first-order valence-electron chi connectivity index (χ1n) is 14.7. The lowest BCUT2D eigenvalue weighted by atomic mass is 10.0. The molecule has 0 atom stereocenters. The van der Waals surface area contributed by atoms with E-state index in [0.29, 0.717) is 16.9 Å². The van der Waals surface area contributed by atoms with Crippen molar-refractivity contribution in [3.63, 3.8) is 0 Å². The molecular formula is C35H22N4. The maximum Gasteiger partial charge on any atom is 0.162 e. The van der Waals surface area contributed by atoms with Crippen LogP contribution in [0.3, 0.4) is 0 Å². The highest BCUT2D eigenvalue weighted by molar-refractivity contribution is 6.14. The topological polar surface area (TPSA) is 43.6 Å². The molecule has 0 saturated carbocycles. The standard InChI is InChI=1S/C35H22N4/c1-2-8-27-22-33-30(21-26(27)7-1)28-9-4-6-12-32(28)39(33)35-29-10-3-5-11-31(29)37-34(38-35)25-15-13-23(14-16-25)24-17-19-36-20-18-24/h1-22H/i13D,14D,15D,16D. The molecule has 0 spiro atoms. The van der Waals surface area contributed by atoms with Gasteiger partial charge >= 0.3 is 0 Å². The minimum absolute atomic E-state index is 0.0611. The first-order chi connectivity index (χ1) is 21.0. The van der Waals surface area contributed by atoms with Crippen molar-refractivity contribution < 1.29 is 5.48 Å². The molecule has 0 amide bonds. The van der Waals surface area contributed by atoms with Crippen LogP contribution in [0.15, 0.2) is 134 Å². The number of aromatic nitrogens is 4. The van der Waals surface area contributed by atoms with E-state index in [-0.39, 0.29) is 41.1 Å². The van der Waals surface area contributed by atoms with E-state index in [1.165, 1.54) is 0 Å². The number of nitrogens with zero attached hydrogens (tertiary/aromatic N) is 4. The van der Waals surface area contributed by atoms with Crippen LogP contribution in [0.2, 0.25) is 0 Å². The normalized spacial score (nSPS) is 13.0. The zero-order chi connectivity index (χ0) is 29.2. The molecule has 0 aliphatic heterocycles. The molecule has 0 N–H and O–H groups in total. The summed E-state index contributed by atoms with van der Waals surface area (Å²) in [5.74, 6) is 0.746. The van der Waals surface area contributed by atoms with Crippen LogP contribution >= 0.6 is 0 Å². The molecule has 0 fully saturated rings. The first kappa shape index (κ1) is 18.0. The SMILES string of the molecule is [2H]c1c([2H])c(-c2nc(-n3c4ccccc4c4cc5ccccc5cc43)c3ccccc3n2)c([2H])c([2H])c1-c1ccncc1. The van der Waals surface area contributed by atoms with Gasteiger partial charge in [-0.15, -0.1) is 0 Å². The van der Waals surface area contributed by atoms with Crippen LogP contribution in [-0.4, -0.2) is 19.5 Å². The Morgan fingerprint density at radius 2 is 1.21 bits per heavy atom. The number of para-hydroxylation sites is 2. The Balaban J connectivity index is 1.47. The molecule has 8 rings (SSSR count). The number of fused-ring (bicyclic) bond motifs is 5. The van der Waals surface area contributed by atoms with Crippen molar-refractivity contribution >= 4 is 43.5 Å². The van der Waals surface area contributed by atoms with Gasteiger partial charge in [0, 0.05) is 34.1 Å². The molecule has 182 valence electrons. The highest BCUT2D eigenvalue weighted by Crippen LogP contribution is 2.36. The van der Waals surface area contributed by atoms with Gasteiger partial charge in [0.05, 0.1) is 22.0 Å². The minimum Gasteiger partial charge on any atom is -0.293 e. The maximum atomic E-state index is 8.97. The van der Waals surface area contributed by atoms with E-state index in [2.05, 4.69) is 45.9 Å². The summed E-state index contributed by atoms with van der Waals surface area (Å²) < 4.78 is 37.7. The van der Waals surface area contributed by atoms with Gasteiger partial charge in [0.2, 0.25) is 0 Å². The minimum atomic E-state index is -0.192. The van der Waals surface area contributed by atoms with E-state index < -0.39 is 0 Å². The molecule has 0 radical (unpaired) electrons. The Morgan fingerprint density at radius 3 is 2.03 bits per heavy atom. The van der Waals surface area contributed by atoms with Crippen LogP contribution in [0.4, 0.5) is 0 Å². The molecule has 3 aromatic heterocycles. The number of benzene rings is 5. The highest BCUT2D eigenvalue weighted by Gasteiger charge is 2.18. The van der Waals surface area contributed by atoms with Crippen molar-refractivity contribution in [2.24, 2.45) is 0 Å². The first-order valence-corrected chi connectivity index (χ1v) is 12.7. The van der Waals surface area contributed by atoms with Gasteiger partial charge in [0.15, 0.2) is 5.82 Å². The van der Waals surface area contributed by atoms with Crippen molar-refractivity contribution in [3.8, 4) is 28.3 Å². The lowest BCUT2D eigenvalue weighted by Gasteiger charge is -2.13. The largest absolute Gasteiger partial charge is 0.293 e. The van der Waals surface area contributed by atoms with E-state index in [0.717, 1.165) is 38.0 Å². The van der Waals surface area contributed by atoms with Gasteiger partial charge in [-0.3, -0.25) is 9.55 Å². The molecule has 0 aliphatic rings. The smallest absolute Gasteiger partial charge is 0.162 e. The molecule has 0 unspecified atom stereocenters. The molecule has 5 aromatic carbocycles. The predicted molar refractivity (Wildman–Crippen MR) is 160 cm³/mol. The Bertz CT molecular complexity index is 2370. The van der Waals surface area contributed by atoms with E-state index in [1.54, 1.807) is 24.5 Å². The van der Waals surface area contributed by atoms with Crippen LogP contribution in [0.5, 0.6) is 0 Å². The van der Waals surface area contributed by atoms with Gasteiger partial charge in [-0.25, -0.2) is 9.97 Å². The fourth-order valence-electron chi connectivity index (χ4n) is 5.31. The molecular weight excluding hydrogens is 476 g/mol. The summed E-state index contributed by atoms with van der Waals surface area (Å²) in [6.45, 7) is 0. The van der Waals surface area contributed by atoms with Gasteiger partial charge in [-0.05, 0) is 64.4 Å². The van der Waals surface area contributed by atoms with Crippen molar-refractivity contribution in [1.29, 1.82) is 0 Å². The molecule has 8 aromatic rings. The Labute approximate surface area is 230 Å². The molecule has 0 aliphatic carbocycles. The zero-order valence-electron chi connectivity index (χ0n) is 24.7. The van der Waals surface area contributed by atoms with Gasteiger partial charge in [-0.2, -0.15) is 0 Å².